The van der Waals surface area contributed by atoms with Gasteiger partial charge >= 0.3 is 5.97 Å². The van der Waals surface area contributed by atoms with Gasteiger partial charge in [-0.15, -0.1) is 0 Å². The van der Waals surface area contributed by atoms with E-state index >= 15 is 0 Å². The Labute approximate surface area is 68.7 Å². The summed E-state index contributed by atoms with van der Waals surface area (Å²) < 4.78 is 0. The van der Waals surface area contributed by atoms with Gasteiger partial charge in [0.05, 0.1) is 25.2 Å². The van der Waals surface area contributed by atoms with Crippen molar-refractivity contribution in [2.75, 3.05) is 19.8 Å². The molecule has 0 saturated carbocycles. The molecule has 0 saturated heterocycles. The van der Waals surface area contributed by atoms with Crippen LogP contribution in [0.5, 0.6) is 0 Å². The molecule has 1 unspecified atom stereocenters. The number of carboxylic acids is 1. The third-order valence-electron chi connectivity index (χ3n) is 1.76. The second-order valence-electron chi connectivity index (χ2n) is 2.58. The van der Waals surface area contributed by atoms with Crippen molar-refractivity contribution in [1.29, 1.82) is 0 Å². The standard InChI is InChI=1S/C6H12O6/c7-1-6(2-8,3-9)4(10)5(11)12/h4,7-10H,1-3H2,(H,11,12). The Hall–Kier alpha value is -0.690. The van der Waals surface area contributed by atoms with Crippen LogP contribution in [0.4, 0.5) is 0 Å². The van der Waals surface area contributed by atoms with Gasteiger partial charge in [-0.2, -0.15) is 0 Å². The summed E-state index contributed by atoms with van der Waals surface area (Å²) in [6.45, 7) is -2.39. The summed E-state index contributed by atoms with van der Waals surface area (Å²) in [5.74, 6) is -1.59. The predicted molar refractivity (Wildman–Crippen MR) is 37.3 cm³/mol. The Morgan fingerprint density at radius 2 is 1.50 bits per heavy atom. The second kappa shape index (κ2) is 4.36. The highest BCUT2D eigenvalue weighted by Crippen LogP contribution is 2.20. The third kappa shape index (κ3) is 1.92. The highest BCUT2D eigenvalue weighted by atomic mass is 16.4. The molecule has 6 heteroatoms. The number of carbonyl (C=O) groups is 1. The summed E-state index contributed by atoms with van der Waals surface area (Å²) in [4.78, 5) is 10.2. The van der Waals surface area contributed by atoms with Crippen LogP contribution in [0.25, 0.3) is 0 Å². The first-order valence-corrected chi connectivity index (χ1v) is 3.27. The van der Waals surface area contributed by atoms with Gasteiger partial charge in [0, 0.05) is 0 Å². The lowest BCUT2D eigenvalue weighted by molar-refractivity contribution is -0.164. The number of hydrogen-bond donors (Lipinski definition) is 5. The minimum Gasteiger partial charge on any atom is -0.479 e. The zero-order valence-electron chi connectivity index (χ0n) is 6.34. The van der Waals surface area contributed by atoms with Gasteiger partial charge in [0.1, 0.15) is 0 Å². The van der Waals surface area contributed by atoms with Crippen LogP contribution in [-0.2, 0) is 4.79 Å². The average Bonchev–Trinajstić information content (AvgIpc) is 2.08. The van der Waals surface area contributed by atoms with Crippen LogP contribution >= 0.6 is 0 Å². The normalized spacial score (nSPS) is 14.3. The van der Waals surface area contributed by atoms with E-state index in [9.17, 15) is 4.79 Å². The van der Waals surface area contributed by atoms with Crippen molar-refractivity contribution < 1.29 is 30.3 Å². The Bertz CT molecular complexity index is 144. The van der Waals surface area contributed by atoms with Gasteiger partial charge in [0.25, 0.3) is 0 Å². The fourth-order valence-electron chi connectivity index (χ4n) is 0.671. The maximum Gasteiger partial charge on any atom is 0.333 e. The molecule has 0 heterocycles. The lowest BCUT2D eigenvalue weighted by Crippen LogP contribution is -2.49. The molecule has 0 bridgehead atoms. The Balaban J connectivity index is 4.58. The molecule has 0 aromatic carbocycles. The van der Waals surface area contributed by atoms with Crippen molar-refractivity contribution in [1.82, 2.24) is 0 Å². The van der Waals surface area contributed by atoms with E-state index in [4.69, 9.17) is 25.5 Å². The highest BCUT2D eigenvalue weighted by molar-refractivity contribution is 5.73. The molecule has 0 rings (SSSR count). The molecule has 0 fully saturated rings. The molecule has 0 amide bonds. The number of hydrogen-bond acceptors (Lipinski definition) is 5. The van der Waals surface area contributed by atoms with Gasteiger partial charge in [-0.1, -0.05) is 0 Å². The molecule has 0 aliphatic heterocycles. The molecule has 72 valence electrons. The van der Waals surface area contributed by atoms with E-state index in [1.165, 1.54) is 0 Å². The molecule has 5 N–H and O–H groups in total. The zero-order valence-corrected chi connectivity index (χ0v) is 6.34. The van der Waals surface area contributed by atoms with Crippen molar-refractivity contribution in [3.63, 3.8) is 0 Å². The summed E-state index contributed by atoms with van der Waals surface area (Å²) in [7, 11) is 0. The van der Waals surface area contributed by atoms with Gasteiger partial charge in [-0.3, -0.25) is 0 Å². The van der Waals surface area contributed by atoms with Crippen molar-refractivity contribution in [3.05, 3.63) is 0 Å². The molecule has 1 atom stereocenters. The van der Waals surface area contributed by atoms with Crippen molar-refractivity contribution in [3.8, 4) is 0 Å². The van der Waals surface area contributed by atoms with E-state index in [0.717, 1.165) is 0 Å². The SMILES string of the molecule is O=C(O)C(O)C(CO)(CO)CO. The minimum absolute atomic E-state index is 0.798. The summed E-state index contributed by atoms with van der Waals surface area (Å²) in [6, 6.07) is 0. The van der Waals surface area contributed by atoms with E-state index in [1.807, 2.05) is 0 Å². The molecule has 0 aromatic heterocycles. The van der Waals surface area contributed by atoms with E-state index in [0.29, 0.717) is 0 Å². The molecule has 0 spiro atoms. The first-order valence-electron chi connectivity index (χ1n) is 3.27. The summed E-state index contributed by atoms with van der Waals surface area (Å²) in [6.07, 6.45) is -1.97. The lowest BCUT2D eigenvalue weighted by atomic mass is 9.84. The predicted octanol–water partition coefficient (Wildman–Crippen LogP) is -2.60. The van der Waals surface area contributed by atoms with E-state index in [1.54, 1.807) is 0 Å². The maximum atomic E-state index is 10.2. The number of aliphatic carboxylic acids is 1. The Morgan fingerprint density at radius 3 is 1.58 bits per heavy atom. The lowest BCUT2D eigenvalue weighted by Gasteiger charge is -2.29. The molecule has 6 nitrogen and oxygen atoms in total. The fourth-order valence-corrected chi connectivity index (χ4v) is 0.671. The van der Waals surface area contributed by atoms with Crippen LogP contribution in [0.3, 0.4) is 0 Å². The molecule has 0 aromatic rings. The number of rotatable bonds is 5. The number of aliphatic hydroxyl groups is 4. The van der Waals surface area contributed by atoms with Gasteiger partial charge in [0.15, 0.2) is 6.10 Å². The van der Waals surface area contributed by atoms with Crippen LogP contribution in [0.15, 0.2) is 0 Å². The van der Waals surface area contributed by atoms with Crippen LogP contribution in [-0.4, -0.2) is 57.4 Å². The number of aliphatic hydroxyl groups excluding tert-OH is 4. The summed E-state index contributed by atoms with van der Waals surface area (Å²) in [5.41, 5.74) is -1.77. The smallest absolute Gasteiger partial charge is 0.333 e. The first-order chi connectivity index (χ1) is 5.54. The largest absolute Gasteiger partial charge is 0.479 e. The third-order valence-corrected chi connectivity index (χ3v) is 1.76. The Kier molecular flexibility index (Phi) is 4.11. The van der Waals surface area contributed by atoms with Crippen LogP contribution in [0.1, 0.15) is 0 Å². The van der Waals surface area contributed by atoms with Gasteiger partial charge in [0.2, 0.25) is 0 Å². The molecular weight excluding hydrogens is 168 g/mol. The van der Waals surface area contributed by atoms with Crippen LogP contribution in [0, 0.1) is 5.41 Å². The maximum absolute atomic E-state index is 10.2. The van der Waals surface area contributed by atoms with Crippen molar-refractivity contribution in [2.45, 2.75) is 6.10 Å². The van der Waals surface area contributed by atoms with Crippen molar-refractivity contribution >= 4 is 5.97 Å². The Morgan fingerprint density at radius 1 is 1.17 bits per heavy atom. The minimum atomic E-state index is -1.97. The molecule has 12 heavy (non-hydrogen) atoms. The van der Waals surface area contributed by atoms with E-state index < -0.39 is 37.3 Å². The summed E-state index contributed by atoms with van der Waals surface area (Å²) >= 11 is 0. The first kappa shape index (κ1) is 11.3. The molecular formula is C6H12O6. The second-order valence-corrected chi connectivity index (χ2v) is 2.58. The summed E-state index contributed by atoms with van der Waals surface area (Å²) in [5, 5.41) is 43.2. The highest BCUT2D eigenvalue weighted by Gasteiger charge is 2.41. The van der Waals surface area contributed by atoms with Crippen LogP contribution in [0.2, 0.25) is 0 Å². The van der Waals surface area contributed by atoms with Gasteiger partial charge in [-0.05, 0) is 0 Å². The van der Waals surface area contributed by atoms with E-state index in [2.05, 4.69) is 0 Å². The molecule has 0 aliphatic rings. The average molecular weight is 180 g/mol. The monoisotopic (exact) mass is 180 g/mol. The van der Waals surface area contributed by atoms with Crippen molar-refractivity contribution in [2.24, 2.45) is 5.41 Å². The van der Waals surface area contributed by atoms with Crippen LogP contribution < -0.4 is 0 Å². The van der Waals surface area contributed by atoms with E-state index in [-0.39, 0.29) is 0 Å². The van der Waals surface area contributed by atoms with Gasteiger partial charge in [-0.25, -0.2) is 4.79 Å². The quantitative estimate of drug-likeness (QED) is 0.316. The zero-order chi connectivity index (χ0) is 9.78. The molecule has 0 aliphatic carbocycles. The van der Waals surface area contributed by atoms with Gasteiger partial charge < -0.3 is 25.5 Å². The fraction of sp³-hybridized carbons (Fsp3) is 0.833. The topological polar surface area (TPSA) is 118 Å². The number of carboxylic acid groups (broad SMARTS) is 1. The molecule has 0 radical (unpaired) electrons.